The maximum Gasteiger partial charge on any atom is 0.253 e. The van der Waals surface area contributed by atoms with Crippen molar-refractivity contribution in [2.75, 3.05) is 11.4 Å². The van der Waals surface area contributed by atoms with Crippen molar-refractivity contribution in [3.8, 4) is 0 Å². The number of benzene rings is 2. The first-order chi connectivity index (χ1) is 16.3. The number of fused-ring (bicyclic) bond motifs is 1. The first kappa shape index (κ1) is 23.2. The quantitative estimate of drug-likeness (QED) is 0.349. The predicted molar refractivity (Wildman–Crippen MR) is 138 cm³/mol. The monoisotopic (exact) mass is 511 g/mol. The number of sulfonamides is 1. The number of aromatic nitrogens is 1. The molecule has 1 fully saturated rings. The highest BCUT2D eigenvalue weighted by atomic mass is 32.2. The third-order valence-corrected chi connectivity index (χ3v) is 10.5. The van der Waals surface area contributed by atoms with E-state index >= 15 is 0 Å². The van der Waals surface area contributed by atoms with Gasteiger partial charge in [-0.2, -0.15) is 4.31 Å². The average Bonchev–Trinajstić information content (AvgIpc) is 3.58. The lowest BCUT2D eigenvalue weighted by Gasteiger charge is -2.28. The van der Waals surface area contributed by atoms with Crippen LogP contribution in [-0.2, 0) is 21.4 Å². The second-order valence-corrected chi connectivity index (χ2v) is 12.6. The van der Waals surface area contributed by atoms with E-state index in [4.69, 9.17) is 4.98 Å². The molecule has 0 N–H and O–H groups in total. The maximum atomic E-state index is 14.0. The molecule has 4 aromatic rings. The van der Waals surface area contributed by atoms with Crippen molar-refractivity contribution in [1.29, 1.82) is 0 Å². The minimum Gasteiger partial charge on any atom is -0.282 e. The van der Waals surface area contributed by atoms with Crippen molar-refractivity contribution < 1.29 is 13.2 Å². The van der Waals surface area contributed by atoms with Gasteiger partial charge in [-0.05, 0) is 60.9 Å². The molecule has 1 saturated heterocycles. The minimum absolute atomic E-state index is 0.227. The van der Waals surface area contributed by atoms with Gasteiger partial charge in [0.1, 0.15) is 10.3 Å². The number of aryl methyl sites for hydroxylation is 2. The molecule has 0 radical (unpaired) electrons. The van der Waals surface area contributed by atoms with E-state index in [1.54, 1.807) is 22.4 Å². The molecule has 9 heteroatoms. The van der Waals surface area contributed by atoms with Gasteiger partial charge in [0.15, 0.2) is 5.13 Å². The van der Waals surface area contributed by atoms with Crippen molar-refractivity contribution >= 4 is 54.0 Å². The molecule has 2 aromatic carbocycles. The molecule has 1 amide bonds. The van der Waals surface area contributed by atoms with Crippen LogP contribution in [-0.4, -0.2) is 36.2 Å². The third kappa shape index (κ3) is 4.29. The molecule has 0 bridgehead atoms. The summed E-state index contributed by atoms with van der Waals surface area (Å²) in [6.07, 6.45) is 1.15. The van der Waals surface area contributed by atoms with Crippen LogP contribution in [0.25, 0.3) is 10.2 Å². The van der Waals surface area contributed by atoms with Crippen molar-refractivity contribution in [3.05, 3.63) is 76.7 Å². The maximum absolute atomic E-state index is 14.0. The summed E-state index contributed by atoms with van der Waals surface area (Å²) < 4.78 is 29.3. The van der Waals surface area contributed by atoms with Crippen LogP contribution in [0.2, 0.25) is 0 Å². The first-order valence-electron chi connectivity index (χ1n) is 11.1. The molecule has 1 aliphatic heterocycles. The van der Waals surface area contributed by atoms with E-state index in [-0.39, 0.29) is 10.1 Å². The molecule has 5 rings (SSSR count). The number of thiophene rings is 1. The molecule has 0 spiro atoms. The molecule has 34 heavy (non-hydrogen) atoms. The SMILES string of the molecule is Cc1cc(C)c2sc(N(Cc3ccccc3)C(=O)C3CCCN3S(=O)(=O)c3cccs3)nc2c1. The van der Waals surface area contributed by atoms with Gasteiger partial charge in [-0.25, -0.2) is 13.4 Å². The van der Waals surface area contributed by atoms with E-state index in [2.05, 4.69) is 6.07 Å². The van der Waals surface area contributed by atoms with Crippen LogP contribution in [0.3, 0.4) is 0 Å². The number of anilines is 1. The number of amides is 1. The summed E-state index contributed by atoms with van der Waals surface area (Å²) in [6.45, 7) is 4.76. The van der Waals surface area contributed by atoms with Gasteiger partial charge in [0.25, 0.3) is 10.0 Å². The molecule has 176 valence electrons. The average molecular weight is 512 g/mol. The summed E-state index contributed by atoms with van der Waals surface area (Å²) in [6, 6.07) is 16.5. The summed E-state index contributed by atoms with van der Waals surface area (Å²) in [5, 5.41) is 2.34. The van der Waals surface area contributed by atoms with Gasteiger partial charge >= 0.3 is 0 Å². The van der Waals surface area contributed by atoms with E-state index in [0.29, 0.717) is 31.1 Å². The smallest absolute Gasteiger partial charge is 0.253 e. The van der Waals surface area contributed by atoms with E-state index in [1.807, 2.05) is 50.2 Å². The highest BCUT2D eigenvalue weighted by Gasteiger charge is 2.42. The first-order valence-corrected chi connectivity index (χ1v) is 14.3. The molecule has 1 unspecified atom stereocenters. The van der Waals surface area contributed by atoms with Gasteiger partial charge in [-0.15, -0.1) is 11.3 Å². The number of carbonyl (C=O) groups excluding carboxylic acids is 1. The van der Waals surface area contributed by atoms with Crippen molar-refractivity contribution in [2.45, 2.75) is 43.5 Å². The van der Waals surface area contributed by atoms with E-state index in [0.717, 1.165) is 26.9 Å². The Balaban J connectivity index is 1.55. The Labute approximate surface area is 207 Å². The Hall–Kier alpha value is -2.59. The largest absolute Gasteiger partial charge is 0.282 e. The van der Waals surface area contributed by atoms with Gasteiger partial charge in [-0.3, -0.25) is 9.69 Å². The number of rotatable bonds is 6. The van der Waals surface area contributed by atoms with Gasteiger partial charge in [0.05, 0.1) is 16.8 Å². The molecule has 1 atom stereocenters. The van der Waals surface area contributed by atoms with Gasteiger partial charge < -0.3 is 0 Å². The lowest BCUT2D eigenvalue weighted by atomic mass is 10.1. The normalized spacial score (nSPS) is 16.8. The fourth-order valence-corrected chi connectivity index (χ4v) is 8.26. The Morgan fingerprint density at radius 3 is 2.68 bits per heavy atom. The van der Waals surface area contributed by atoms with Crippen molar-refractivity contribution in [2.24, 2.45) is 0 Å². The zero-order valence-corrected chi connectivity index (χ0v) is 21.4. The second kappa shape index (κ2) is 9.22. The summed E-state index contributed by atoms with van der Waals surface area (Å²) in [5.41, 5.74) is 4.06. The fraction of sp³-hybridized carbons (Fsp3) is 0.280. The van der Waals surface area contributed by atoms with Crippen LogP contribution < -0.4 is 4.90 Å². The van der Waals surface area contributed by atoms with E-state index in [1.165, 1.54) is 27.0 Å². The number of thiazole rings is 1. The van der Waals surface area contributed by atoms with Crippen LogP contribution in [0.1, 0.15) is 29.5 Å². The minimum atomic E-state index is -3.73. The summed E-state index contributed by atoms with van der Waals surface area (Å²) >= 11 is 2.66. The second-order valence-electron chi connectivity index (χ2n) is 8.54. The fourth-order valence-electron chi connectivity index (χ4n) is 4.47. The topological polar surface area (TPSA) is 70.6 Å². The van der Waals surface area contributed by atoms with Gasteiger partial charge in [0.2, 0.25) is 5.91 Å². The number of hydrogen-bond donors (Lipinski definition) is 0. The lowest BCUT2D eigenvalue weighted by molar-refractivity contribution is -0.121. The van der Waals surface area contributed by atoms with Crippen LogP contribution in [0, 0.1) is 13.8 Å². The Kier molecular flexibility index (Phi) is 6.28. The lowest BCUT2D eigenvalue weighted by Crippen LogP contribution is -2.47. The number of hydrogen-bond acceptors (Lipinski definition) is 6. The number of nitrogens with zero attached hydrogens (tertiary/aromatic N) is 3. The summed E-state index contributed by atoms with van der Waals surface area (Å²) in [7, 11) is -3.73. The predicted octanol–water partition coefficient (Wildman–Crippen LogP) is 5.36. The Morgan fingerprint density at radius 2 is 1.94 bits per heavy atom. The van der Waals surface area contributed by atoms with Gasteiger partial charge in [-0.1, -0.05) is 53.8 Å². The highest BCUT2D eigenvalue weighted by Crippen LogP contribution is 2.35. The third-order valence-electron chi connectivity index (χ3n) is 6.04. The molecular formula is C25H25N3O3S3. The Morgan fingerprint density at radius 1 is 1.15 bits per heavy atom. The van der Waals surface area contributed by atoms with Gasteiger partial charge in [0, 0.05) is 6.54 Å². The van der Waals surface area contributed by atoms with E-state index < -0.39 is 16.1 Å². The van der Waals surface area contributed by atoms with E-state index in [9.17, 15) is 13.2 Å². The Bertz CT molecular complexity index is 1430. The highest BCUT2D eigenvalue weighted by molar-refractivity contribution is 7.91. The zero-order valence-electron chi connectivity index (χ0n) is 19.0. The van der Waals surface area contributed by atoms with Crippen molar-refractivity contribution in [3.63, 3.8) is 0 Å². The molecule has 3 heterocycles. The molecule has 6 nitrogen and oxygen atoms in total. The molecule has 1 aliphatic rings. The zero-order chi connectivity index (χ0) is 23.9. The molecule has 0 aliphatic carbocycles. The van der Waals surface area contributed by atoms with Crippen LogP contribution in [0.5, 0.6) is 0 Å². The van der Waals surface area contributed by atoms with Crippen LogP contribution >= 0.6 is 22.7 Å². The molecular weight excluding hydrogens is 486 g/mol. The van der Waals surface area contributed by atoms with Crippen LogP contribution in [0.4, 0.5) is 5.13 Å². The molecule has 0 saturated carbocycles. The molecule has 2 aromatic heterocycles. The van der Waals surface area contributed by atoms with Crippen LogP contribution in [0.15, 0.2) is 64.2 Å². The summed E-state index contributed by atoms with van der Waals surface area (Å²) in [5.74, 6) is -0.227. The summed E-state index contributed by atoms with van der Waals surface area (Å²) in [4.78, 5) is 20.5. The van der Waals surface area contributed by atoms with Crippen molar-refractivity contribution in [1.82, 2.24) is 9.29 Å². The number of carbonyl (C=O) groups is 1. The standard InChI is InChI=1S/C25H25N3O3S3/c1-17-14-18(2)23-20(15-17)26-25(33-23)27(16-19-8-4-3-5-9-19)24(29)21-10-6-12-28(21)34(30,31)22-11-7-13-32-22/h3-5,7-9,11,13-15,21H,6,10,12,16H2,1-2H3.